The number of aliphatic imine (C=N–C) groups is 1. The molecule has 0 bridgehead atoms. The van der Waals surface area contributed by atoms with E-state index in [4.69, 9.17) is 5.11 Å². The number of carboxylic acids is 1. The van der Waals surface area contributed by atoms with Gasteiger partial charge in [-0.3, -0.25) is 0 Å². The Morgan fingerprint density at radius 1 is 0.852 bits per heavy atom. The topological polar surface area (TPSA) is 72.7 Å². The van der Waals surface area contributed by atoms with Gasteiger partial charge in [-0.2, -0.15) is 0 Å². The molecule has 0 heterocycles. The van der Waals surface area contributed by atoms with Gasteiger partial charge in [0.2, 0.25) is 0 Å². The number of nitrogens with zero attached hydrogens (tertiary/aromatic N) is 1. The van der Waals surface area contributed by atoms with Gasteiger partial charge in [-0.15, -0.1) is 0 Å². The van der Waals surface area contributed by atoms with Crippen molar-refractivity contribution in [2.24, 2.45) is 4.99 Å². The zero-order valence-corrected chi connectivity index (χ0v) is 19.2. The number of carboxylic acid groups (broad SMARTS) is 1. The standard InChI is InChI=1S/C22H35NO3.Na/c1-2-3-4-5-6-7-8-9-10-11-12-15-18-23-21(24)19-16-13-14-17-20(19)22(25)26;/h13-14,16-17H,2-12,15,18H2,1H3,(H,23,24)(H,25,26);/q;+1/p-1. The molecule has 0 atom stereocenters. The SMILES string of the molecule is CCCCCCCCCCCCCCN=C([O-])c1ccccc1C(=O)O.[Na+]. The monoisotopic (exact) mass is 383 g/mol. The fourth-order valence-electron chi connectivity index (χ4n) is 3.07. The number of rotatable bonds is 15. The molecule has 27 heavy (non-hydrogen) atoms. The van der Waals surface area contributed by atoms with Crippen LogP contribution in [0.2, 0.25) is 0 Å². The Labute approximate surface area is 186 Å². The first kappa shape index (κ1) is 26.2. The van der Waals surface area contributed by atoms with Crippen molar-refractivity contribution in [1.29, 1.82) is 0 Å². The number of benzene rings is 1. The van der Waals surface area contributed by atoms with E-state index < -0.39 is 11.9 Å². The van der Waals surface area contributed by atoms with Gasteiger partial charge in [-0.05, 0) is 23.9 Å². The number of aromatic carboxylic acids is 1. The van der Waals surface area contributed by atoms with Crippen molar-refractivity contribution < 1.29 is 44.6 Å². The van der Waals surface area contributed by atoms with Gasteiger partial charge in [-0.25, -0.2) is 4.79 Å². The Morgan fingerprint density at radius 2 is 1.30 bits per heavy atom. The van der Waals surface area contributed by atoms with Crippen LogP contribution in [0.25, 0.3) is 0 Å². The molecule has 0 aliphatic rings. The van der Waals surface area contributed by atoms with Crippen LogP contribution < -0.4 is 34.7 Å². The van der Waals surface area contributed by atoms with Gasteiger partial charge in [0.05, 0.1) is 5.56 Å². The maximum Gasteiger partial charge on any atom is 1.00 e. The predicted octanol–water partition coefficient (Wildman–Crippen LogP) is 2.20. The van der Waals surface area contributed by atoms with Crippen LogP contribution in [0.3, 0.4) is 0 Å². The smallest absolute Gasteiger partial charge is 0.858 e. The van der Waals surface area contributed by atoms with Crippen molar-refractivity contribution in [3.63, 3.8) is 0 Å². The van der Waals surface area contributed by atoms with Gasteiger partial charge >= 0.3 is 35.5 Å². The fourth-order valence-corrected chi connectivity index (χ4v) is 3.07. The molecule has 5 heteroatoms. The van der Waals surface area contributed by atoms with E-state index in [1.165, 1.54) is 76.3 Å². The summed E-state index contributed by atoms with van der Waals surface area (Å²) >= 11 is 0. The Morgan fingerprint density at radius 3 is 1.78 bits per heavy atom. The van der Waals surface area contributed by atoms with Crippen molar-refractivity contribution in [3.05, 3.63) is 35.4 Å². The summed E-state index contributed by atoms with van der Waals surface area (Å²) in [4.78, 5) is 15.1. The summed E-state index contributed by atoms with van der Waals surface area (Å²) in [6.45, 7) is 2.72. The number of unbranched alkanes of at least 4 members (excludes halogenated alkanes) is 11. The van der Waals surface area contributed by atoms with Crippen LogP contribution in [0, 0.1) is 0 Å². The summed E-state index contributed by atoms with van der Waals surface area (Å²) in [6.07, 6.45) is 15.2. The average molecular weight is 384 g/mol. The van der Waals surface area contributed by atoms with Crippen LogP contribution in [-0.4, -0.2) is 23.5 Å². The molecule has 1 aromatic carbocycles. The zero-order chi connectivity index (χ0) is 19.0. The van der Waals surface area contributed by atoms with E-state index in [1.807, 2.05) is 0 Å². The quantitative estimate of drug-likeness (QED) is 0.218. The van der Waals surface area contributed by atoms with Gasteiger partial charge in [0.25, 0.3) is 0 Å². The van der Waals surface area contributed by atoms with Gasteiger partial charge in [-0.1, -0.05) is 95.8 Å². The summed E-state index contributed by atoms with van der Waals surface area (Å²) in [6, 6.07) is 6.25. The molecule has 0 saturated heterocycles. The molecule has 1 N–H and O–H groups in total. The molecule has 0 unspecified atom stereocenters. The minimum Gasteiger partial charge on any atom is -0.858 e. The first-order valence-electron chi connectivity index (χ1n) is 10.2. The first-order chi connectivity index (χ1) is 12.7. The molecular weight excluding hydrogens is 349 g/mol. The molecule has 0 fully saturated rings. The molecule has 0 amide bonds. The number of hydrogen-bond acceptors (Lipinski definition) is 3. The van der Waals surface area contributed by atoms with Gasteiger partial charge in [0, 0.05) is 6.54 Å². The van der Waals surface area contributed by atoms with E-state index in [-0.39, 0.29) is 40.7 Å². The third-order valence-electron chi connectivity index (χ3n) is 4.65. The van der Waals surface area contributed by atoms with E-state index in [2.05, 4.69) is 11.9 Å². The second kappa shape index (κ2) is 17.3. The maximum atomic E-state index is 12.0. The summed E-state index contributed by atoms with van der Waals surface area (Å²) < 4.78 is 0. The van der Waals surface area contributed by atoms with Crippen LogP contribution in [0.1, 0.15) is 99.9 Å². The third kappa shape index (κ3) is 12.3. The Hall–Kier alpha value is -0.840. The maximum absolute atomic E-state index is 12.0. The second-order valence-electron chi connectivity index (χ2n) is 6.93. The van der Waals surface area contributed by atoms with Crippen molar-refractivity contribution in [1.82, 2.24) is 0 Å². The molecule has 1 rings (SSSR count). The largest absolute Gasteiger partial charge is 1.00 e. The van der Waals surface area contributed by atoms with E-state index >= 15 is 0 Å². The van der Waals surface area contributed by atoms with Crippen molar-refractivity contribution in [2.75, 3.05) is 6.54 Å². The van der Waals surface area contributed by atoms with E-state index in [1.54, 1.807) is 12.1 Å². The van der Waals surface area contributed by atoms with Crippen LogP contribution in [-0.2, 0) is 0 Å². The van der Waals surface area contributed by atoms with Crippen molar-refractivity contribution >= 4 is 11.9 Å². The normalized spacial score (nSPS) is 11.2. The van der Waals surface area contributed by atoms with Crippen LogP contribution in [0.5, 0.6) is 0 Å². The minimum absolute atomic E-state index is 0. The summed E-state index contributed by atoms with van der Waals surface area (Å²) in [5.41, 5.74) is 0.204. The molecule has 0 aliphatic carbocycles. The van der Waals surface area contributed by atoms with Crippen LogP contribution in [0.4, 0.5) is 0 Å². The Kier molecular flexibility index (Phi) is 16.7. The zero-order valence-electron chi connectivity index (χ0n) is 17.2. The predicted molar refractivity (Wildman–Crippen MR) is 106 cm³/mol. The molecule has 146 valence electrons. The molecular formula is C22H34NNaO3. The fraction of sp³-hybridized carbons (Fsp3) is 0.636. The van der Waals surface area contributed by atoms with E-state index in [9.17, 15) is 9.90 Å². The Balaban J connectivity index is 0.00000676. The van der Waals surface area contributed by atoms with Crippen LogP contribution in [0.15, 0.2) is 29.3 Å². The average Bonchev–Trinajstić information content (AvgIpc) is 2.65. The molecule has 1 aromatic rings. The first-order valence-corrected chi connectivity index (χ1v) is 10.2. The van der Waals surface area contributed by atoms with Gasteiger partial charge < -0.3 is 15.2 Å². The van der Waals surface area contributed by atoms with Crippen molar-refractivity contribution in [3.8, 4) is 0 Å². The van der Waals surface area contributed by atoms with Gasteiger partial charge in [0.15, 0.2) is 0 Å². The molecule has 0 aliphatic heterocycles. The molecule has 0 radical (unpaired) electrons. The molecule has 4 nitrogen and oxygen atoms in total. The molecule has 0 aromatic heterocycles. The Bertz CT molecular complexity index is 546. The summed E-state index contributed by atoms with van der Waals surface area (Å²) in [5.74, 6) is -1.51. The third-order valence-corrected chi connectivity index (χ3v) is 4.65. The summed E-state index contributed by atoms with van der Waals surface area (Å²) in [7, 11) is 0. The van der Waals surface area contributed by atoms with Crippen LogP contribution >= 0.6 is 0 Å². The molecule has 0 spiro atoms. The molecule has 0 saturated carbocycles. The van der Waals surface area contributed by atoms with Gasteiger partial charge in [0.1, 0.15) is 0 Å². The summed E-state index contributed by atoms with van der Waals surface area (Å²) in [5, 5.41) is 21.1. The second-order valence-corrected chi connectivity index (χ2v) is 6.93. The van der Waals surface area contributed by atoms with E-state index in [0.717, 1.165) is 12.8 Å². The number of hydrogen-bond donors (Lipinski definition) is 1. The van der Waals surface area contributed by atoms with E-state index in [0.29, 0.717) is 6.54 Å². The minimum atomic E-state index is -1.09. The van der Waals surface area contributed by atoms with Crippen molar-refractivity contribution in [2.45, 2.75) is 84.0 Å². The number of carbonyl (C=O) groups is 1.